The Morgan fingerprint density at radius 2 is 1.86 bits per heavy atom. The molecule has 0 saturated carbocycles. The molecule has 186 valence electrons. The molecule has 12 heteroatoms. The molecule has 3 N–H and O–H groups in total. The first-order chi connectivity index (χ1) is 17.2. The zero-order valence-electron chi connectivity index (χ0n) is 19.4. The first-order valence-corrected chi connectivity index (χ1v) is 12.3. The van der Waals surface area contributed by atoms with Crippen molar-refractivity contribution in [3.8, 4) is 22.9 Å². The Morgan fingerprint density at radius 1 is 1.11 bits per heavy atom. The number of aromatic nitrogens is 4. The van der Waals surface area contributed by atoms with Gasteiger partial charge >= 0.3 is 5.97 Å². The van der Waals surface area contributed by atoms with Crippen LogP contribution in [0, 0.1) is 6.92 Å². The van der Waals surface area contributed by atoms with E-state index >= 15 is 0 Å². The second-order valence-corrected chi connectivity index (χ2v) is 9.43. The molecule has 0 unspecified atom stereocenters. The van der Waals surface area contributed by atoms with Crippen LogP contribution in [0.2, 0.25) is 0 Å². The molecule has 0 spiro atoms. The lowest BCUT2D eigenvalue weighted by atomic mass is 10.2. The van der Waals surface area contributed by atoms with Crippen molar-refractivity contribution in [2.45, 2.75) is 31.9 Å². The van der Waals surface area contributed by atoms with Crippen LogP contribution in [0.4, 0.5) is 5.69 Å². The van der Waals surface area contributed by atoms with Gasteiger partial charge in [0.15, 0.2) is 5.82 Å². The Hall–Kier alpha value is -4.45. The number of aryl methyl sites for hydroxylation is 1. The van der Waals surface area contributed by atoms with E-state index in [9.17, 15) is 18.3 Å². The molecule has 11 nitrogen and oxygen atoms in total. The number of hydrogen-bond donors (Lipinski definition) is 3. The number of hydrogen-bond acceptors (Lipinski definition) is 8. The molecule has 0 bridgehead atoms. The van der Waals surface area contributed by atoms with E-state index in [-0.39, 0.29) is 28.6 Å². The van der Waals surface area contributed by atoms with Crippen LogP contribution in [0.1, 0.15) is 28.5 Å². The molecule has 4 aromatic rings. The van der Waals surface area contributed by atoms with E-state index in [0.29, 0.717) is 34.9 Å². The lowest BCUT2D eigenvalue weighted by Crippen LogP contribution is -2.14. The lowest BCUT2D eigenvalue weighted by Gasteiger charge is -2.10. The van der Waals surface area contributed by atoms with Gasteiger partial charge in [0.25, 0.3) is 10.0 Å². The fourth-order valence-corrected chi connectivity index (χ4v) is 4.69. The number of phenols is 1. The van der Waals surface area contributed by atoms with Gasteiger partial charge in [-0.1, -0.05) is 12.1 Å². The van der Waals surface area contributed by atoms with Crippen LogP contribution in [0.3, 0.4) is 0 Å². The number of anilines is 1. The van der Waals surface area contributed by atoms with Crippen LogP contribution in [0.25, 0.3) is 11.4 Å². The highest BCUT2D eigenvalue weighted by molar-refractivity contribution is 7.92. The predicted octanol–water partition coefficient (Wildman–Crippen LogP) is 3.45. The van der Waals surface area contributed by atoms with Crippen LogP contribution in [0.15, 0.2) is 66.0 Å². The quantitative estimate of drug-likeness (QED) is 0.307. The van der Waals surface area contributed by atoms with Crippen molar-refractivity contribution in [1.82, 2.24) is 19.7 Å². The van der Waals surface area contributed by atoms with Crippen molar-refractivity contribution < 1.29 is 28.2 Å². The third-order valence-electron chi connectivity index (χ3n) is 5.33. The standard InChI is InChI=1S/C24H23N5O6S/c1-3-29-15(2)22(13-27-29)36(33,34)28-18-6-4-5-17(9-18)23-25-11-16(12-26-23)14-35-19-7-8-21(30)20(10-19)24(31)32/h4-13,28,30H,3,14H2,1-2H3,(H,31,32). The predicted molar refractivity (Wildman–Crippen MR) is 130 cm³/mol. The maximum absolute atomic E-state index is 12.9. The molecule has 4 rings (SSSR count). The Kier molecular flexibility index (Phi) is 6.88. The van der Waals surface area contributed by atoms with Gasteiger partial charge < -0.3 is 14.9 Å². The van der Waals surface area contributed by atoms with Crippen molar-refractivity contribution in [2.75, 3.05) is 4.72 Å². The molecule has 2 aromatic heterocycles. The molecule has 0 aliphatic heterocycles. The second-order valence-electron chi connectivity index (χ2n) is 7.78. The fraction of sp³-hybridized carbons (Fsp3) is 0.167. The Labute approximate surface area is 207 Å². The summed E-state index contributed by atoms with van der Waals surface area (Å²) in [4.78, 5) is 19.9. The summed E-state index contributed by atoms with van der Waals surface area (Å²) in [5, 5.41) is 22.8. The minimum Gasteiger partial charge on any atom is -0.507 e. The molecule has 2 heterocycles. The number of ether oxygens (including phenoxy) is 1. The maximum Gasteiger partial charge on any atom is 0.339 e. The van der Waals surface area contributed by atoms with Gasteiger partial charge in [-0.2, -0.15) is 5.10 Å². The number of carbonyl (C=O) groups is 1. The Bertz CT molecular complexity index is 1520. The Morgan fingerprint density at radius 3 is 2.53 bits per heavy atom. The van der Waals surface area contributed by atoms with Gasteiger partial charge in [-0.05, 0) is 44.2 Å². The van der Waals surface area contributed by atoms with Crippen LogP contribution >= 0.6 is 0 Å². The van der Waals surface area contributed by atoms with Gasteiger partial charge in [0.2, 0.25) is 0 Å². The Balaban J connectivity index is 1.46. The summed E-state index contributed by atoms with van der Waals surface area (Å²) >= 11 is 0. The fourth-order valence-electron chi connectivity index (χ4n) is 3.47. The van der Waals surface area contributed by atoms with Gasteiger partial charge in [-0.25, -0.2) is 23.2 Å². The second kappa shape index (κ2) is 10.0. The average molecular weight is 510 g/mol. The number of aromatic carboxylic acids is 1. The van der Waals surface area contributed by atoms with Crippen LogP contribution in [-0.2, 0) is 23.2 Å². The number of carboxylic acids is 1. The molecule has 0 aliphatic carbocycles. The van der Waals surface area contributed by atoms with E-state index in [2.05, 4.69) is 19.8 Å². The van der Waals surface area contributed by atoms with E-state index in [0.717, 1.165) is 0 Å². The van der Waals surface area contributed by atoms with Crippen molar-refractivity contribution in [3.63, 3.8) is 0 Å². The van der Waals surface area contributed by atoms with E-state index < -0.39 is 16.0 Å². The maximum atomic E-state index is 12.9. The molecule has 0 atom stereocenters. The number of nitrogens with zero attached hydrogens (tertiary/aromatic N) is 4. The molecule has 0 aliphatic rings. The number of rotatable bonds is 9. The topological polar surface area (TPSA) is 157 Å². The highest BCUT2D eigenvalue weighted by atomic mass is 32.2. The summed E-state index contributed by atoms with van der Waals surface area (Å²) in [6.07, 6.45) is 4.44. The smallest absolute Gasteiger partial charge is 0.339 e. The van der Waals surface area contributed by atoms with E-state index in [4.69, 9.17) is 9.84 Å². The monoisotopic (exact) mass is 509 g/mol. The van der Waals surface area contributed by atoms with Gasteiger partial charge in [0, 0.05) is 35.8 Å². The highest BCUT2D eigenvalue weighted by Gasteiger charge is 2.21. The van der Waals surface area contributed by atoms with E-state index in [1.54, 1.807) is 48.3 Å². The summed E-state index contributed by atoms with van der Waals surface area (Å²) in [6.45, 7) is 4.23. The largest absolute Gasteiger partial charge is 0.507 e. The molecular weight excluding hydrogens is 486 g/mol. The normalized spacial score (nSPS) is 11.3. The molecule has 0 fully saturated rings. The molecule has 0 saturated heterocycles. The van der Waals surface area contributed by atoms with E-state index in [1.807, 2.05) is 6.92 Å². The lowest BCUT2D eigenvalue weighted by molar-refractivity contribution is 0.0693. The summed E-state index contributed by atoms with van der Waals surface area (Å²) < 4.78 is 35.5. The van der Waals surface area contributed by atoms with Gasteiger partial charge in [-0.15, -0.1) is 0 Å². The first kappa shape index (κ1) is 24.7. The number of benzene rings is 2. The van der Waals surface area contributed by atoms with Crippen molar-refractivity contribution >= 4 is 21.7 Å². The molecular formula is C24H23N5O6S. The average Bonchev–Trinajstić information content (AvgIpc) is 3.25. The molecule has 2 aromatic carbocycles. The minimum absolute atomic E-state index is 0.0781. The van der Waals surface area contributed by atoms with Crippen molar-refractivity contribution in [2.24, 2.45) is 0 Å². The molecule has 0 amide bonds. The third-order valence-corrected chi connectivity index (χ3v) is 6.81. The summed E-state index contributed by atoms with van der Waals surface area (Å²) in [5.41, 5.74) is 1.88. The summed E-state index contributed by atoms with van der Waals surface area (Å²) in [7, 11) is -3.83. The van der Waals surface area contributed by atoms with Crippen molar-refractivity contribution in [1.29, 1.82) is 0 Å². The zero-order valence-corrected chi connectivity index (χ0v) is 20.2. The zero-order chi connectivity index (χ0) is 25.9. The van der Waals surface area contributed by atoms with Gasteiger partial charge in [-0.3, -0.25) is 9.40 Å². The van der Waals surface area contributed by atoms with Crippen molar-refractivity contribution in [3.05, 3.63) is 77.9 Å². The first-order valence-electron chi connectivity index (χ1n) is 10.8. The molecule has 0 radical (unpaired) electrons. The van der Waals surface area contributed by atoms with Gasteiger partial charge in [0.05, 0.1) is 11.9 Å². The minimum atomic E-state index is -3.83. The summed E-state index contributed by atoms with van der Waals surface area (Å²) in [5.74, 6) is -0.957. The van der Waals surface area contributed by atoms with Crippen LogP contribution in [-0.4, -0.2) is 44.3 Å². The van der Waals surface area contributed by atoms with E-state index in [1.165, 1.54) is 24.4 Å². The molecule has 36 heavy (non-hydrogen) atoms. The number of sulfonamides is 1. The van der Waals surface area contributed by atoms with Crippen LogP contribution in [0.5, 0.6) is 11.5 Å². The third kappa shape index (κ3) is 5.28. The highest BCUT2D eigenvalue weighted by Crippen LogP contribution is 2.25. The van der Waals surface area contributed by atoms with Crippen LogP contribution < -0.4 is 9.46 Å². The van der Waals surface area contributed by atoms with Gasteiger partial charge in [0.1, 0.15) is 28.6 Å². The summed E-state index contributed by atoms with van der Waals surface area (Å²) in [6, 6.07) is 10.6. The number of carboxylic acid groups (broad SMARTS) is 1. The number of nitrogens with one attached hydrogen (secondary N) is 1. The number of aromatic hydroxyl groups is 1. The SMILES string of the molecule is CCn1ncc(S(=O)(=O)Nc2cccc(-c3ncc(COc4ccc(O)c(C(=O)O)c4)cn3)c2)c1C.